The molecule has 0 heterocycles. The van der Waals surface area contributed by atoms with Crippen LogP contribution in [0.2, 0.25) is 0 Å². The standard InChI is InChI=1S/C12H14Br3NO/c1-8(13)5-6-16(2)12(17)10-7-9(14)3-4-11(10)15/h3-4,7-8H,5-6H2,1-2H3. The summed E-state index contributed by atoms with van der Waals surface area (Å²) >= 11 is 10.3. The number of carbonyl (C=O) groups is 1. The van der Waals surface area contributed by atoms with Crippen molar-refractivity contribution in [1.29, 1.82) is 0 Å². The van der Waals surface area contributed by atoms with Crippen LogP contribution in [0.5, 0.6) is 0 Å². The Balaban J connectivity index is 2.78. The molecule has 0 aliphatic rings. The van der Waals surface area contributed by atoms with Crippen LogP contribution in [-0.4, -0.2) is 29.2 Å². The quantitative estimate of drug-likeness (QED) is 0.650. The van der Waals surface area contributed by atoms with E-state index in [2.05, 4.69) is 54.7 Å². The first-order chi connectivity index (χ1) is 7.91. The summed E-state index contributed by atoms with van der Waals surface area (Å²) in [6.07, 6.45) is 0.938. The van der Waals surface area contributed by atoms with Gasteiger partial charge in [0.15, 0.2) is 0 Å². The lowest BCUT2D eigenvalue weighted by atomic mass is 10.2. The Bertz CT molecular complexity index is 407. The average molecular weight is 428 g/mol. The molecule has 0 aliphatic carbocycles. The average Bonchev–Trinajstić information content (AvgIpc) is 2.28. The first-order valence-corrected chi connectivity index (χ1v) is 7.76. The number of halogens is 3. The van der Waals surface area contributed by atoms with Crippen LogP contribution in [0.25, 0.3) is 0 Å². The van der Waals surface area contributed by atoms with Crippen LogP contribution in [0.1, 0.15) is 23.7 Å². The fraction of sp³-hybridized carbons (Fsp3) is 0.417. The van der Waals surface area contributed by atoms with Gasteiger partial charge in [0.1, 0.15) is 0 Å². The molecule has 0 fully saturated rings. The highest BCUT2D eigenvalue weighted by Crippen LogP contribution is 2.22. The van der Waals surface area contributed by atoms with Crippen molar-refractivity contribution in [3.8, 4) is 0 Å². The summed E-state index contributed by atoms with van der Waals surface area (Å²) in [4.78, 5) is 14.4. The van der Waals surface area contributed by atoms with Crippen molar-refractivity contribution < 1.29 is 4.79 Å². The summed E-state index contributed by atoms with van der Waals surface area (Å²) < 4.78 is 1.73. The third-order valence-corrected chi connectivity index (χ3v) is 4.01. The van der Waals surface area contributed by atoms with Crippen LogP contribution in [0, 0.1) is 0 Å². The number of nitrogens with zero attached hydrogens (tertiary/aromatic N) is 1. The summed E-state index contributed by atoms with van der Waals surface area (Å²) in [5, 5.41) is 0. The van der Waals surface area contributed by atoms with Gasteiger partial charge in [-0.3, -0.25) is 4.79 Å². The van der Waals surface area contributed by atoms with E-state index in [1.165, 1.54) is 0 Å². The first kappa shape index (κ1) is 15.2. The third kappa shape index (κ3) is 4.72. The topological polar surface area (TPSA) is 20.3 Å². The molecule has 0 radical (unpaired) electrons. The lowest BCUT2D eigenvalue weighted by molar-refractivity contribution is 0.0793. The van der Waals surface area contributed by atoms with Crippen LogP contribution in [0.4, 0.5) is 0 Å². The van der Waals surface area contributed by atoms with E-state index in [0.717, 1.165) is 21.9 Å². The van der Waals surface area contributed by atoms with Gasteiger partial charge in [-0.05, 0) is 40.5 Å². The molecule has 1 aromatic rings. The minimum Gasteiger partial charge on any atom is -0.342 e. The first-order valence-electron chi connectivity index (χ1n) is 5.26. The molecule has 17 heavy (non-hydrogen) atoms. The minimum atomic E-state index is 0.0336. The molecule has 0 bridgehead atoms. The zero-order valence-corrected chi connectivity index (χ0v) is 14.5. The molecule has 5 heteroatoms. The summed E-state index contributed by atoms with van der Waals surface area (Å²) in [5.41, 5.74) is 0.684. The van der Waals surface area contributed by atoms with E-state index in [0.29, 0.717) is 10.4 Å². The molecule has 1 amide bonds. The second kappa shape index (κ2) is 6.90. The molecule has 1 atom stereocenters. The highest BCUT2D eigenvalue weighted by atomic mass is 79.9. The van der Waals surface area contributed by atoms with E-state index in [4.69, 9.17) is 0 Å². The van der Waals surface area contributed by atoms with E-state index in [9.17, 15) is 4.79 Å². The van der Waals surface area contributed by atoms with E-state index < -0.39 is 0 Å². The van der Waals surface area contributed by atoms with Crippen molar-refractivity contribution >= 4 is 53.7 Å². The fourth-order valence-electron chi connectivity index (χ4n) is 1.34. The van der Waals surface area contributed by atoms with E-state index >= 15 is 0 Å². The van der Waals surface area contributed by atoms with Crippen molar-refractivity contribution in [3.63, 3.8) is 0 Å². The van der Waals surface area contributed by atoms with E-state index in [1.807, 2.05) is 25.2 Å². The van der Waals surface area contributed by atoms with Crippen LogP contribution in [0.15, 0.2) is 27.1 Å². The molecule has 0 saturated carbocycles. The Morgan fingerprint density at radius 2 is 2.06 bits per heavy atom. The number of alkyl halides is 1. The second-order valence-electron chi connectivity index (χ2n) is 3.92. The van der Waals surface area contributed by atoms with Gasteiger partial charge < -0.3 is 4.90 Å². The highest BCUT2D eigenvalue weighted by molar-refractivity contribution is 9.11. The molecular weight excluding hydrogens is 414 g/mol. The van der Waals surface area contributed by atoms with Gasteiger partial charge in [-0.25, -0.2) is 0 Å². The van der Waals surface area contributed by atoms with Gasteiger partial charge >= 0.3 is 0 Å². The predicted molar refractivity (Wildman–Crippen MR) is 81.8 cm³/mol. The molecule has 0 spiro atoms. The molecular formula is C12H14Br3NO. The number of benzene rings is 1. The minimum absolute atomic E-state index is 0.0336. The normalized spacial score (nSPS) is 12.3. The Kier molecular flexibility index (Phi) is 6.17. The van der Waals surface area contributed by atoms with Gasteiger partial charge in [-0.1, -0.05) is 38.8 Å². The van der Waals surface area contributed by atoms with Crippen molar-refractivity contribution in [2.45, 2.75) is 18.2 Å². The van der Waals surface area contributed by atoms with Crippen LogP contribution < -0.4 is 0 Å². The molecule has 0 N–H and O–H groups in total. The maximum absolute atomic E-state index is 12.2. The second-order valence-corrected chi connectivity index (χ2v) is 7.25. The molecule has 0 aliphatic heterocycles. The van der Waals surface area contributed by atoms with Crippen LogP contribution in [-0.2, 0) is 0 Å². The zero-order chi connectivity index (χ0) is 13.0. The van der Waals surface area contributed by atoms with Crippen LogP contribution >= 0.6 is 47.8 Å². The lowest BCUT2D eigenvalue weighted by Crippen LogP contribution is -2.29. The Morgan fingerprint density at radius 1 is 1.41 bits per heavy atom. The zero-order valence-electron chi connectivity index (χ0n) is 9.71. The molecule has 94 valence electrons. The number of hydrogen-bond acceptors (Lipinski definition) is 1. The van der Waals surface area contributed by atoms with Crippen molar-refractivity contribution in [1.82, 2.24) is 4.90 Å². The van der Waals surface area contributed by atoms with Gasteiger partial charge in [-0.2, -0.15) is 0 Å². The molecule has 0 aromatic heterocycles. The molecule has 1 aromatic carbocycles. The molecule has 1 rings (SSSR count). The van der Waals surface area contributed by atoms with Crippen molar-refractivity contribution in [2.24, 2.45) is 0 Å². The summed E-state index contributed by atoms with van der Waals surface area (Å²) in [7, 11) is 1.82. The summed E-state index contributed by atoms with van der Waals surface area (Å²) in [6.45, 7) is 2.82. The Hall–Kier alpha value is 0.130. The Morgan fingerprint density at radius 3 is 2.65 bits per heavy atom. The maximum atomic E-state index is 12.2. The Labute approximate surface area is 127 Å². The third-order valence-electron chi connectivity index (χ3n) is 2.37. The monoisotopic (exact) mass is 425 g/mol. The fourth-order valence-corrected chi connectivity index (χ4v) is 2.32. The SMILES string of the molecule is CC(Br)CCN(C)C(=O)c1cc(Br)ccc1Br. The number of hydrogen-bond donors (Lipinski definition) is 0. The van der Waals surface area contributed by atoms with Gasteiger partial charge in [0.2, 0.25) is 0 Å². The number of carbonyl (C=O) groups excluding carboxylic acids is 1. The van der Waals surface area contributed by atoms with E-state index in [-0.39, 0.29) is 5.91 Å². The summed E-state index contributed by atoms with van der Waals surface area (Å²) in [5.74, 6) is 0.0336. The maximum Gasteiger partial charge on any atom is 0.254 e. The smallest absolute Gasteiger partial charge is 0.254 e. The van der Waals surface area contributed by atoms with Gasteiger partial charge in [-0.15, -0.1) is 0 Å². The predicted octanol–water partition coefficient (Wildman–Crippen LogP) is 4.46. The van der Waals surface area contributed by atoms with E-state index in [1.54, 1.807) is 4.90 Å². The van der Waals surface area contributed by atoms with Crippen molar-refractivity contribution in [3.05, 3.63) is 32.7 Å². The number of rotatable bonds is 4. The summed E-state index contributed by atoms with van der Waals surface area (Å²) in [6, 6.07) is 5.61. The van der Waals surface area contributed by atoms with Crippen molar-refractivity contribution in [2.75, 3.05) is 13.6 Å². The molecule has 1 unspecified atom stereocenters. The van der Waals surface area contributed by atoms with Gasteiger partial charge in [0.05, 0.1) is 5.56 Å². The molecule has 0 saturated heterocycles. The van der Waals surface area contributed by atoms with Crippen LogP contribution in [0.3, 0.4) is 0 Å². The lowest BCUT2D eigenvalue weighted by Gasteiger charge is -2.18. The molecule has 2 nitrogen and oxygen atoms in total. The number of amides is 1. The highest BCUT2D eigenvalue weighted by Gasteiger charge is 2.15. The van der Waals surface area contributed by atoms with Gasteiger partial charge in [0, 0.05) is 27.4 Å². The largest absolute Gasteiger partial charge is 0.342 e. The van der Waals surface area contributed by atoms with Gasteiger partial charge in [0.25, 0.3) is 5.91 Å².